The van der Waals surface area contributed by atoms with Crippen LogP contribution in [0.3, 0.4) is 0 Å². The molecule has 0 fully saturated rings. The summed E-state index contributed by atoms with van der Waals surface area (Å²) in [5.74, 6) is 0. The second kappa shape index (κ2) is 9.39. The largest absolute Gasteiger partial charge is 0.314 e. The highest BCUT2D eigenvalue weighted by Crippen LogP contribution is 2.17. The summed E-state index contributed by atoms with van der Waals surface area (Å²) < 4.78 is 1.17. The SMILES string of the molecule is CCCNC(CCCc1cccs1)Cc1cccc(Br)c1. The summed E-state index contributed by atoms with van der Waals surface area (Å²) in [6.07, 6.45) is 6.02. The predicted octanol–water partition coefficient (Wildman–Crippen LogP) is 5.44. The van der Waals surface area contributed by atoms with Crippen molar-refractivity contribution in [2.45, 2.75) is 45.1 Å². The number of rotatable bonds is 9. The lowest BCUT2D eigenvalue weighted by molar-refractivity contribution is 0.465. The monoisotopic (exact) mass is 365 g/mol. The molecule has 2 rings (SSSR count). The van der Waals surface area contributed by atoms with Gasteiger partial charge in [0, 0.05) is 15.4 Å². The van der Waals surface area contributed by atoms with Crippen LogP contribution < -0.4 is 5.32 Å². The molecule has 0 radical (unpaired) electrons. The highest BCUT2D eigenvalue weighted by atomic mass is 79.9. The van der Waals surface area contributed by atoms with Crippen molar-refractivity contribution in [1.82, 2.24) is 5.32 Å². The van der Waals surface area contributed by atoms with Crippen LogP contribution >= 0.6 is 27.3 Å². The van der Waals surface area contributed by atoms with Gasteiger partial charge in [-0.15, -0.1) is 11.3 Å². The minimum Gasteiger partial charge on any atom is -0.314 e. The minimum absolute atomic E-state index is 0.583. The third-order valence-corrected chi connectivity index (χ3v) is 5.04. The van der Waals surface area contributed by atoms with Gasteiger partial charge in [-0.2, -0.15) is 0 Å². The molecular formula is C18H24BrNS. The second-order valence-electron chi connectivity index (χ2n) is 5.46. The molecule has 1 heterocycles. The molecule has 1 aromatic heterocycles. The van der Waals surface area contributed by atoms with Gasteiger partial charge in [-0.3, -0.25) is 0 Å². The predicted molar refractivity (Wildman–Crippen MR) is 97.2 cm³/mol. The van der Waals surface area contributed by atoms with Crippen LogP contribution in [-0.4, -0.2) is 12.6 Å². The summed E-state index contributed by atoms with van der Waals surface area (Å²) >= 11 is 5.44. The topological polar surface area (TPSA) is 12.0 Å². The van der Waals surface area contributed by atoms with Crippen LogP contribution in [0.15, 0.2) is 46.3 Å². The number of aryl methyl sites for hydroxylation is 1. The van der Waals surface area contributed by atoms with Crippen LogP contribution in [0.2, 0.25) is 0 Å². The van der Waals surface area contributed by atoms with Gasteiger partial charge in [0.25, 0.3) is 0 Å². The van der Waals surface area contributed by atoms with E-state index in [4.69, 9.17) is 0 Å². The molecule has 3 heteroatoms. The maximum atomic E-state index is 3.71. The molecule has 0 aliphatic heterocycles. The lowest BCUT2D eigenvalue weighted by Crippen LogP contribution is -2.31. The molecule has 0 saturated carbocycles. The van der Waals surface area contributed by atoms with Crippen LogP contribution in [0.4, 0.5) is 0 Å². The van der Waals surface area contributed by atoms with Crippen LogP contribution in [-0.2, 0) is 12.8 Å². The summed E-state index contributed by atoms with van der Waals surface area (Å²) in [5.41, 5.74) is 1.41. The molecule has 0 aliphatic carbocycles. The van der Waals surface area contributed by atoms with Crippen molar-refractivity contribution in [3.8, 4) is 0 Å². The third-order valence-electron chi connectivity index (χ3n) is 3.61. The van der Waals surface area contributed by atoms with E-state index < -0.39 is 0 Å². The fourth-order valence-corrected chi connectivity index (χ4v) is 3.75. The molecule has 114 valence electrons. The fraction of sp³-hybridized carbons (Fsp3) is 0.444. The summed E-state index contributed by atoms with van der Waals surface area (Å²) in [6, 6.07) is 13.7. The molecule has 1 aromatic carbocycles. The Labute approximate surface area is 140 Å². The molecule has 0 saturated heterocycles. The third kappa shape index (κ3) is 6.33. The van der Waals surface area contributed by atoms with E-state index in [9.17, 15) is 0 Å². The second-order valence-corrected chi connectivity index (χ2v) is 7.40. The van der Waals surface area contributed by atoms with Crippen LogP contribution in [0.5, 0.6) is 0 Å². The molecule has 0 aliphatic rings. The molecule has 0 bridgehead atoms. The normalized spacial score (nSPS) is 12.5. The van der Waals surface area contributed by atoms with E-state index in [1.807, 2.05) is 11.3 Å². The molecule has 21 heavy (non-hydrogen) atoms. The first-order chi connectivity index (χ1) is 10.3. The van der Waals surface area contributed by atoms with E-state index in [-0.39, 0.29) is 0 Å². The average Bonchev–Trinajstić information content (AvgIpc) is 2.98. The zero-order valence-corrected chi connectivity index (χ0v) is 15.1. The standard InChI is InChI=1S/C18H24BrNS/c1-2-11-20-17(8-4-9-18-10-5-12-21-18)14-15-6-3-7-16(19)13-15/h3,5-7,10,12-13,17,20H,2,4,8-9,11,14H2,1H3. The van der Waals surface area contributed by atoms with Crippen LogP contribution in [0, 0.1) is 0 Å². The van der Waals surface area contributed by atoms with Crippen molar-refractivity contribution in [1.29, 1.82) is 0 Å². The lowest BCUT2D eigenvalue weighted by Gasteiger charge is -2.18. The van der Waals surface area contributed by atoms with Crippen molar-refractivity contribution in [2.24, 2.45) is 0 Å². The molecule has 1 atom stereocenters. The number of nitrogens with one attached hydrogen (secondary N) is 1. The van der Waals surface area contributed by atoms with E-state index in [0.717, 1.165) is 13.0 Å². The zero-order chi connectivity index (χ0) is 14.9. The van der Waals surface area contributed by atoms with E-state index in [1.165, 1.54) is 40.6 Å². The summed E-state index contributed by atoms with van der Waals surface area (Å²) in [4.78, 5) is 1.51. The summed E-state index contributed by atoms with van der Waals surface area (Å²) in [7, 11) is 0. The van der Waals surface area contributed by atoms with E-state index in [2.05, 4.69) is 69.9 Å². The quantitative estimate of drug-likeness (QED) is 0.623. The molecular weight excluding hydrogens is 342 g/mol. The lowest BCUT2D eigenvalue weighted by atomic mass is 10.0. The Morgan fingerprint density at radius 3 is 2.86 bits per heavy atom. The van der Waals surface area contributed by atoms with Gasteiger partial charge in [-0.25, -0.2) is 0 Å². The van der Waals surface area contributed by atoms with Crippen molar-refractivity contribution >= 4 is 27.3 Å². The minimum atomic E-state index is 0.583. The number of thiophene rings is 1. The highest BCUT2D eigenvalue weighted by Gasteiger charge is 2.09. The maximum Gasteiger partial charge on any atom is 0.0178 e. The summed E-state index contributed by atoms with van der Waals surface area (Å²) in [5, 5.41) is 5.88. The molecule has 0 spiro atoms. The van der Waals surface area contributed by atoms with Crippen molar-refractivity contribution in [3.05, 3.63) is 56.7 Å². The van der Waals surface area contributed by atoms with Crippen LogP contribution in [0.1, 0.15) is 36.6 Å². The molecule has 1 unspecified atom stereocenters. The first-order valence-corrected chi connectivity index (χ1v) is 9.45. The van der Waals surface area contributed by atoms with Gasteiger partial charge >= 0.3 is 0 Å². The number of hydrogen-bond donors (Lipinski definition) is 1. The van der Waals surface area contributed by atoms with Gasteiger partial charge in [0.05, 0.1) is 0 Å². The van der Waals surface area contributed by atoms with E-state index in [1.54, 1.807) is 0 Å². The van der Waals surface area contributed by atoms with Gasteiger partial charge < -0.3 is 5.32 Å². The van der Waals surface area contributed by atoms with Gasteiger partial charge in [0.1, 0.15) is 0 Å². The van der Waals surface area contributed by atoms with Crippen molar-refractivity contribution < 1.29 is 0 Å². The number of halogens is 1. The number of benzene rings is 1. The zero-order valence-electron chi connectivity index (χ0n) is 12.6. The molecule has 1 nitrogen and oxygen atoms in total. The Hall–Kier alpha value is -0.640. The fourth-order valence-electron chi connectivity index (χ4n) is 2.55. The number of hydrogen-bond acceptors (Lipinski definition) is 2. The Bertz CT molecular complexity index is 510. The summed E-state index contributed by atoms with van der Waals surface area (Å²) in [6.45, 7) is 3.34. The van der Waals surface area contributed by atoms with Gasteiger partial charge in [0.15, 0.2) is 0 Å². The van der Waals surface area contributed by atoms with Gasteiger partial charge in [0.2, 0.25) is 0 Å². The smallest absolute Gasteiger partial charge is 0.0178 e. The molecule has 2 aromatic rings. The van der Waals surface area contributed by atoms with E-state index >= 15 is 0 Å². The Balaban J connectivity index is 1.84. The Morgan fingerprint density at radius 1 is 1.24 bits per heavy atom. The Morgan fingerprint density at radius 2 is 2.14 bits per heavy atom. The first kappa shape index (κ1) is 16.7. The van der Waals surface area contributed by atoms with Gasteiger partial charge in [-0.05, 0) is 67.8 Å². The average molecular weight is 366 g/mol. The maximum absolute atomic E-state index is 3.71. The van der Waals surface area contributed by atoms with Crippen LogP contribution in [0.25, 0.3) is 0 Å². The van der Waals surface area contributed by atoms with Gasteiger partial charge in [-0.1, -0.05) is 41.1 Å². The van der Waals surface area contributed by atoms with Crippen molar-refractivity contribution in [3.63, 3.8) is 0 Å². The van der Waals surface area contributed by atoms with E-state index in [0.29, 0.717) is 6.04 Å². The highest BCUT2D eigenvalue weighted by molar-refractivity contribution is 9.10. The first-order valence-electron chi connectivity index (χ1n) is 7.78. The molecule has 0 amide bonds. The Kier molecular flexibility index (Phi) is 7.48. The molecule has 1 N–H and O–H groups in total. The van der Waals surface area contributed by atoms with Crippen molar-refractivity contribution in [2.75, 3.05) is 6.54 Å².